The predicted octanol–water partition coefficient (Wildman–Crippen LogP) is 1.33. The number of likely N-dealkylation sites (N-methyl/N-ethyl adjacent to an activating group) is 1. The van der Waals surface area contributed by atoms with Gasteiger partial charge in [-0.2, -0.15) is 0 Å². The number of aliphatic imine (C=N–C) groups is 1. The van der Waals surface area contributed by atoms with Gasteiger partial charge in [0, 0.05) is 56.9 Å². The van der Waals surface area contributed by atoms with Crippen LogP contribution in [0.1, 0.15) is 5.56 Å². The van der Waals surface area contributed by atoms with E-state index in [1.807, 2.05) is 4.90 Å². The van der Waals surface area contributed by atoms with Crippen molar-refractivity contribution in [3.8, 4) is 0 Å². The second kappa shape index (κ2) is 8.23. The van der Waals surface area contributed by atoms with Gasteiger partial charge in [-0.25, -0.2) is 14.2 Å². The van der Waals surface area contributed by atoms with Crippen LogP contribution in [0.4, 0.5) is 9.18 Å². The molecule has 160 valence electrons. The molecular formula is C20H24ClFN6O2. The molecule has 1 aromatic carbocycles. The van der Waals surface area contributed by atoms with Gasteiger partial charge in [0.2, 0.25) is 0 Å². The summed E-state index contributed by atoms with van der Waals surface area (Å²) in [5, 5.41) is 2.81. The first kappa shape index (κ1) is 20.6. The predicted molar refractivity (Wildman–Crippen MR) is 111 cm³/mol. The highest BCUT2D eigenvalue weighted by Crippen LogP contribution is 2.26. The molecule has 0 aromatic heterocycles. The van der Waals surface area contributed by atoms with Crippen LogP contribution < -0.4 is 5.32 Å². The van der Waals surface area contributed by atoms with Crippen molar-refractivity contribution in [3.05, 3.63) is 47.3 Å². The number of nitrogens with one attached hydrogen (secondary N) is 1. The summed E-state index contributed by atoms with van der Waals surface area (Å²) < 4.78 is 14.1. The standard InChI is InChI=1S/C20H24ClFN6O2/c1-3-7-28-16-17(25(2)20(30)24-18(16)29)23-19(28)27-10-8-26(9-11-27)12-13-14(21)5-4-6-15(13)22/h3-6,16-17H,1,7-12H2,2H3,(H,24,29,30). The van der Waals surface area contributed by atoms with E-state index in [2.05, 4.69) is 21.7 Å². The molecule has 0 spiro atoms. The lowest BCUT2D eigenvalue weighted by atomic mass is 10.1. The van der Waals surface area contributed by atoms with Gasteiger partial charge < -0.3 is 14.7 Å². The van der Waals surface area contributed by atoms with Crippen molar-refractivity contribution in [2.75, 3.05) is 39.8 Å². The van der Waals surface area contributed by atoms with Gasteiger partial charge in [-0.05, 0) is 12.1 Å². The first-order chi connectivity index (χ1) is 14.4. The summed E-state index contributed by atoms with van der Waals surface area (Å²) in [4.78, 5) is 36.8. The van der Waals surface area contributed by atoms with E-state index in [4.69, 9.17) is 16.6 Å². The number of halogens is 2. The molecule has 2 atom stereocenters. The maximum absolute atomic E-state index is 14.1. The number of imide groups is 1. The maximum Gasteiger partial charge on any atom is 0.325 e. The molecule has 0 bridgehead atoms. The number of rotatable bonds is 4. The molecule has 3 aliphatic rings. The molecule has 30 heavy (non-hydrogen) atoms. The lowest BCUT2D eigenvalue weighted by Crippen LogP contribution is -2.64. The molecular weight excluding hydrogens is 411 g/mol. The summed E-state index contributed by atoms with van der Waals surface area (Å²) in [6, 6.07) is 3.69. The molecule has 4 rings (SSSR count). The Morgan fingerprint density at radius 2 is 2.03 bits per heavy atom. The Morgan fingerprint density at radius 1 is 1.30 bits per heavy atom. The average Bonchev–Trinajstić information content (AvgIpc) is 3.10. The summed E-state index contributed by atoms with van der Waals surface area (Å²) in [7, 11) is 1.63. The van der Waals surface area contributed by atoms with E-state index in [1.54, 1.807) is 25.3 Å². The number of piperazine rings is 1. The maximum atomic E-state index is 14.1. The molecule has 3 amide bonds. The third-order valence-corrected chi connectivity index (χ3v) is 6.12. The number of benzene rings is 1. The molecule has 10 heteroatoms. The first-order valence-corrected chi connectivity index (χ1v) is 10.2. The third kappa shape index (κ3) is 3.63. The van der Waals surface area contributed by atoms with E-state index in [9.17, 15) is 14.0 Å². The van der Waals surface area contributed by atoms with Crippen LogP contribution >= 0.6 is 11.6 Å². The van der Waals surface area contributed by atoms with Gasteiger partial charge in [0.05, 0.1) is 0 Å². The van der Waals surface area contributed by atoms with Crippen LogP contribution in [-0.2, 0) is 11.3 Å². The zero-order chi connectivity index (χ0) is 21.4. The van der Waals surface area contributed by atoms with Gasteiger partial charge >= 0.3 is 6.03 Å². The van der Waals surface area contributed by atoms with Gasteiger partial charge in [0.25, 0.3) is 5.91 Å². The molecule has 2 unspecified atom stereocenters. The number of urea groups is 1. The molecule has 1 N–H and O–H groups in total. The summed E-state index contributed by atoms with van der Waals surface area (Å²) >= 11 is 6.16. The minimum atomic E-state index is -0.573. The van der Waals surface area contributed by atoms with Crippen molar-refractivity contribution >= 4 is 29.5 Å². The Bertz CT molecular complexity index is 881. The van der Waals surface area contributed by atoms with Crippen molar-refractivity contribution < 1.29 is 14.0 Å². The molecule has 3 aliphatic heterocycles. The first-order valence-electron chi connectivity index (χ1n) is 9.84. The highest BCUT2D eigenvalue weighted by Gasteiger charge is 2.49. The molecule has 1 aromatic rings. The van der Waals surface area contributed by atoms with E-state index in [1.165, 1.54) is 11.0 Å². The van der Waals surface area contributed by atoms with E-state index < -0.39 is 18.2 Å². The van der Waals surface area contributed by atoms with Gasteiger partial charge in [-0.1, -0.05) is 23.7 Å². The van der Waals surface area contributed by atoms with Gasteiger partial charge in [0.1, 0.15) is 5.82 Å². The molecule has 2 fully saturated rings. The Hall–Kier alpha value is -2.65. The molecule has 0 saturated carbocycles. The van der Waals surface area contributed by atoms with E-state index in [0.717, 1.165) is 0 Å². The molecule has 0 radical (unpaired) electrons. The quantitative estimate of drug-likeness (QED) is 0.724. The molecule has 2 saturated heterocycles. The number of fused-ring (bicyclic) bond motifs is 1. The minimum Gasteiger partial charge on any atom is -0.340 e. The molecule has 3 heterocycles. The smallest absolute Gasteiger partial charge is 0.325 e. The number of amides is 3. The van der Waals surface area contributed by atoms with Crippen molar-refractivity contribution in [1.82, 2.24) is 24.9 Å². The topological polar surface area (TPSA) is 71.5 Å². The number of hydrogen-bond acceptors (Lipinski definition) is 6. The fourth-order valence-corrected chi connectivity index (χ4v) is 4.34. The highest BCUT2D eigenvalue weighted by atomic mass is 35.5. The van der Waals surface area contributed by atoms with Crippen LogP contribution in [0.25, 0.3) is 0 Å². The zero-order valence-electron chi connectivity index (χ0n) is 16.7. The number of carbonyl (C=O) groups excluding carboxylic acids is 2. The summed E-state index contributed by atoms with van der Waals surface area (Å²) in [6.07, 6.45) is 1.16. The Kier molecular flexibility index (Phi) is 5.66. The van der Waals surface area contributed by atoms with Crippen molar-refractivity contribution in [1.29, 1.82) is 0 Å². The Morgan fingerprint density at radius 3 is 2.70 bits per heavy atom. The summed E-state index contributed by atoms with van der Waals surface area (Å²) in [5.74, 6) is 0.0340. The average molecular weight is 435 g/mol. The van der Waals surface area contributed by atoms with E-state index in [0.29, 0.717) is 55.8 Å². The van der Waals surface area contributed by atoms with E-state index in [-0.39, 0.29) is 11.7 Å². The second-order valence-electron chi connectivity index (χ2n) is 7.60. The van der Waals surface area contributed by atoms with Crippen LogP contribution in [0.2, 0.25) is 5.02 Å². The minimum absolute atomic E-state index is 0.301. The van der Waals surface area contributed by atoms with Crippen LogP contribution in [0, 0.1) is 5.82 Å². The normalized spacial score (nSPS) is 24.6. The Labute approximate surface area is 179 Å². The fraction of sp³-hybridized carbons (Fsp3) is 0.450. The van der Waals surface area contributed by atoms with Crippen molar-refractivity contribution in [2.45, 2.75) is 18.8 Å². The van der Waals surface area contributed by atoms with Crippen molar-refractivity contribution in [2.24, 2.45) is 4.99 Å². The number of hydrogen-bond donors (Lipinski definition) is 1. The lowest BCUT2D eigenvalue weighted by Gasteiger charge is -2.40. The third-order valence-electron chi connectivity index (χ3n) is 5.76. The van der Waals surface area contributed by atoms with Crippen molar-refractivity contribution in [3.63, 3.8) is 0 Å². The summed E-state index contributed by atoms with van der Waals surface area (Å²) in [5.41, 5.74) is 0.502. The lowest BCUT2D eigenvalue weighted by molar-refractivity contribution is -0.127. The number of nitrogens with zero attached hydrogens (tertiary/aromatic N) is 5. The monoisotopic (exact) mass is 434 g/mol. The van der Waals surface area contributed by atoms with Gasteiger partial charge in [0.15, 0.2) is 18.2 Å². The van der Waals surface area contributed by atoms with Gasteiger partial charge in [-0.15, -0.1) is 6.58 Å². The fourth-order valence-electron chi connectivity index (χ4n) is 4.12. The summed E-state index contributed by atoms with van der Waals surface area (Å²) in [6.45, 7) is 7.40. The highest BCUT2D eigenvalue weighted by molar-refractivity contribution is 6.31. The number of guanidine groups is 1. The number of carbonyl (C=O) groups is 2. The SMILES string of the molecule is C=CCN1C(N2CCN(Cc3c(F)cccc3Cl)CC2)=NC2C1C(=O)NC(=O)N2C. The molecule has 0 aliphatic carbocycles. The second-order valence-corrected chi connectivity index (χ2v) is 8.00. The van der Waals surface area contributed by atoms with Crippen LogP contribution in [0.3, 0.4) is 0 Å². The van der Waals surface area contributed by atoms with Crippen LogP contribution in [0.5, 0.6) is 0 Å². The zero-order valence-corrected chi connectivity index (χ0v) is 17.5. The van der Waals surface area contributed by atoms with Gasteiger partial charge in [-0.3, -0.25) is 15.0 Å². The largest absolute Gasteiger partial charge is 0.340 e. The van der Waals surface area contributed by atoms with E-state index >= 15 is 0 Å². The van der Waals surface area contributed by atoms with Crippen LogP contribution in [0.15, 0.2) is 35.8 Å². The van der Waals surface area contributed by atoms with Crippen LogP contribution in [-0.4, -0.2) is 89.5 Å². The Balaban J connectivity index is 1.47. The molecule has 8 nitrogen and oxygen atoms in total.